The van der Waals surface area contributed by atoms with Crippen LogP contribution in [0.1, 0.15) is 19.3 Å². The number of hydrogen-bond acceptors (Lipinski definition) is 6. The topological polar surface area (TPSA) is 110 Å². The Morgan fingerprint density at radius 2 is 1.92 bits per heavy atom. The molecule has 2 aliphatic rings. The second-order valence-electron chi connectivity index (χ2n) is 6.21. The van der Waals surface area contributed by atoms with Crippen LogP contribution in [0.3, 0.4) is 0 Å². The lowest BCUT2D eigenvalue weighted by molar-refractivity contribution is -0.384. The Bertz CT molecular complexity index is 867. The summed E-state index contributed by atoms with van der Waals surface area (Å²) < 4.78 is 60.8. The number of carbonyl (C=O) groups is 1. The highest BCUT2D eigenvalue weighted by atomic mass is 32.2. The number of alkyl halides is 3. The van der Waals surface area contributed by atoms with Crippen molar-refractivity contribution in [2.24, 2.45) is 0 Å². The van der Waals surface area contributed by atoms with Gasteiger partial charge in [-0.05, 0) is 25.0 Å². The number of halogens is 3. The number of nitro benzene ring substituents is 1. The molecular formula is C14H14F3N3O5S. The molecule has 1 amide bonds. The number of anilines is 1. The molecule has 1 N–H and O–H groups in total. The van der Waals surface area contributed by atoms with Crippen LogP contribution >= 0.6 is 0 Å². The lowest BCUT2D eigenvalue weighted by Crippen LogP contribution is -2.30. The van der Waals surface area contributed by atoms with E-state index >= 15 is 0 Å². The van der Waals surface area contributed by atoms with Gasteiger partial charge in [0.15, 0.2) is 0 Å². The quantitative estimate of drug-likeness (QED) is 0.606. The summed E-state index contributed by atoms with van der Waals surface area (Å²) in [6.07, 6.45) is 1.92. The number of nitrogens with one attached hydrogen (secondary N) is 1. The summed E-state index contributed by atoms with van der Waals surface area (Å²) in [5.74, 6) is -0.0936. The van der Waals surface area contributed by atoms with Gasteiger partial charge in [0, 0.05) is 25.1 Å². The Balaban J connectivity index is 1.86. The molecule has 8 nitrogen and oxygen atoms in total. The molecule has 1 aromatic carbocycles. The number of sulfone groups is 1. The van der Waals surface area contributed by atoms with Gasteiger partial charge in [-0.1, -0.05) is 0 Å². The van der Waals surface area contributed by atoms with Crippen LogP contribution in [0.25, 0.3) is 0 Å². The molecule has 1 aliphatic heterocycles. The van der Waals surface area contributed by atoms with Crippen molar-refractivity contribution in [3.05, 3.63) is 28.3 Å². The van der Waals surface area contributed by atoms with Gasteiger partial charge in [-0.3, -0.25) is 14.9 Å². The number of hydrogen-bond donors (Lipinski definition) is 1. The van der Waals surface area contributed by atoms with Crippen molar-refractivity contribution < 1.29 is 31.3 Å². The lowest BCUT2D eigenvalue weighted by Gasteiger charge is -2.17. The minimum absolute atomic E-state index is 0.0936. The second-order valence-corrected chi connectivity index (χ2v) is 8.15. The predicted molar refractivity (Wildman–Crippen MR) is 83.1 cm³/mol. The number of nitro groups is 1. The zero-order chi connectivity index (χ0) is 19.3. The first kappa shape index (κ1) is 18.4. The smallest absolute Gasteiger partial charge is 0.374 e. The maximum atomic E-state index is 12.6. The molecule has 1 aromatic rings. The van der Waals surface area contributed by atoms with E-state index in [1.54, 1.807) is 4.90 Å². The van der Waals surface area contributed by atoms with Crippen molar-refractivity contribution in [3.63, 3.8) is 0 Å². The number of benzene rings is 1. The molecule has 1 atom stereocenters. The average molecular weight is 393 g/mol. The number of amides is 1. The normalized spacial score (nSPS) is 21.1. The van der Waals surface area contributed by atoms with Crippen molar-refractivity contribution >= 4 is 27.1 Å². The zero-order valence-electron chi connectivity index (χ0n) is 13.2. The van der Waals surface area contributed by atoms with E-state index in [2.05, 4.69) is 5.32 Å². The summed E-state index contributed by atoms with van der Waals surface area (Å²) in [7, 11) is -5.69. The SMILES string of the molecule is O=C1CC(Nc2ccc(S(=O)(=O)C(F)(F)F)cc2[N+](=O)[O-])CN1C1CC1. The maximum Gasteiger partial charge on any atom is 0.501 e. The molecule has 2 fully saturated rings. The van der Waals surface area contributed by atoms with E-state index < -0.39 is 36.9 Å². The van der Waals surface area contributed by atoms with Crippen LogP contribution < -0.4 is 5.32 Å². The summed E-state index contributed by atoms with van der Waals surface area (Å²) in [4.78, 5) is 22.6. The van der Waals surface area contributed by atoms with Crippen LogP contribution in [0.15, 0.2) is 23.1 Å². The van der Waals surface area contributed by atoms with Gasteiger partial charge < -0.3 is 10.2 Å². The summed E-state index contributed by atoms with van der Waals surface area (Å²) in [6, 6.07) is 1.70. The van der Waals surface area contributed by atoms with Crippen molar-refractivity contribution in [1.29, 1.82) is 0 Å². The standard InChI is InChI=1S/C14H14F3N3O5S/c15-14(16,17)26(24,25)10-3-4-11(12(6-10)20(22)23)18-8-5-13(21)19(7-8)9-1-2-9/h3-4,6,8-9,18H,1-2,5,7H2. The minimum Gasteiger partial charge on any atom is -0.374 e. The first-order valence-electron chi connectivity index (χ1n) is 7.66. The molecule has 26 heavy (non-hydrogen) atoms. The molecule has 12 heteroatoms. The van der Waals surface area contributed by atoms with Crippen LogP contribution in [0.2, 0.25) is 0 Å². The van der Waals surface area contributed by atoms with Gasteiger partial charge >= 0.3 is 5.51 Å². The Kier molecular flexibility index (Phi) is 4.33. The fourth-order valence-electron chi connectivity index (χ4n) is 2.87. The third kappa shape index (κ3) is 3.32. The Morgan fingerprint density at radius 1 is 1.27 bits per heavy atom. The van der Waals surface area contributed by atoms with Crippen LogP contribution in [-0.4, -0.2) is 48.3 Å². The van der Waals surface area contributed by atoms with Crippen molar-refractivity contribution in [1.82, 2.24) is 4.90 Å². The molecular weight excluding hydrogens is 379 g/mol. The summed E-state index contributed by atoms with van der Waals surface area (Å²) >= 11 is 0. The van der Waals surface area contributed by atoms with E-state index in [-0.39, 0.29) is 24.1 Å². The van der Waals surface area contributed by atoms with Crippen molar-refractivity contribution in [3.8, 4) is 0 Å². The first-order valence-corrected chi connectivity index (χ1v) is 9.15. The molecule has 0 aromatic heterocycles. The van der Waals surface area contributed by atoms with E-state index in [1.807, 2.05) is 0 Å². The van der Waals surface area contributed by atoms with Gasteiger partial charge in [-0.15, -0.1) is 0 Å². The van der Waals surface area contributed by atoms with E-state index in [4.69, 9.17) is 0 Å². The van der Waals surface area contributed by atoms with Crippen molar-refractivity contribution in [2.45, 2.75) is 41.7 Å². The minimum atomic E-state index is -5.69. The van der Waals surface area contributed by atoms with Gasteiger partial charge in [0.2, 0.25) is 5.91 Å². The van der Waals surface area contributed by atoms with Crippen LogP contribution in [0.4, 0.5) is 24.5 Å². The van der Waals surface area contributed by atoms with Gasteiger partial charge in [0.05, 0.1) is 15.9 Å². The van der Waals surface area contributed by atoms with Crippen LogP contribution in [0.5, 0.6) is 0 Å². The fraction of sp³-hybridized carbons (Fsp3) is 0.500. The fourth-order valence-corrected chi connectivity index (χ4v) is 3.65. The van der Waals surface area contributed by atoms with E-state index in [0.717, 1.165) is 18.9 Å². The van der Waals surface area contributed by atoms with Crippen LogP contribution in [0, 0.1) is 10.1 Å². The van der Waals surface area contributed by atoms with E-state index in [9.17, 15) is 36.5 Å². The number of nitrogens with zero attached hydrogens (tertiary/aromatic N) is 2. The summed E-state index contributed by atoms with van der Waals surface area (Å²) in [5.41, 5.74) is -6.49. The van der Waals surface area contributed by atoms with Gasteiger partial charge in [0.1, 0.15) is 5.69 Å². The highest BCUT2D eigenvalue weighted by Crippen LogP contribution is 2.36. The molecule has 0 radical (unpaired) electrons. The number of rotatable bonds is 5. The maximum absolute atomic E-state index is 12.6. The predicted octanol–water partition coefficient (Wildman–Crippen LogP) is 2.06. The molecule has 0 bridgehead atoms. The van der Waals surface area contributed by atoms with Gasteiger partial charge in [-0.2, -0.15) is 13.2 Å². The summed E-state index contributed by atoms with van der Waals surface area (Å²) in [6.45, 7) is 0.337. The molecule has 1 aliphatic carbocycles. The molecule has 3 rings (SSSR count). The highest BCUT2D eigenvalue weighted by Gasteiger charge is 2.47. The molecule has 0 spiro atoms. The molecule has 142 valence electrons. The van der Waals surface area contributed by atoms with Crippen molar-refractivity contribution in [2.75, 3.05) is 11.9 Å². The van der Waals surface area contributed by atoms with Gasteiger partial charge in [0.25, 0.3) is 15.5 Å². The Labute approximate surface area is 146 Å². The first-order chi connectivity index (χ1) is 12.0. The molecule has 1 saturated heterocycles. The molecule has 1 heterocycles. The van der Waals surface area contributed by atoms with E-state index in [0.29, 0.717) is 18.7 Å². The highest BCUT2D eigenvalue weighted by molar-refractivity contribution is 7.92. The third-order valence-electron chi connectivity index (χ3n) is 4.29. The van der Waals surface area contributed by atoms with Crippen LogP contribution in [-0.2, 0) is 14.6 Å². The largest absolute Gasteiger partial charge is 0.501 e. The number of carbonyl (C=O) groups excluding carboxylic acids is 1. The lowest BCUT2D eigenvalue weighted by atomic mass is 10.2. The monoisotopic (exact) mass is 393 g/mol. The van der Waals surface area contributed by atoms with Gasteiger partial charge in [-0.25, -0.2) is 8.42 Å². The molecule has 1 unspecified atom stereocenters. The zero-order valence-corrected chi connectivity index (χ0v) is 14.0. The summed E-state index contributed by atoms with van der Waals surface area (Å²) in [5, 5.41) is 14.0. The average Bonchev–Trinajstić information content (AvgIpc) is 3.30. The Morgan fingerprint density at radius 3 is 2.46 bits per heavy atom. The third-order valence-corrected chi connectivity index (χ3v) is 5.77. The molecule has 1 saturated carbocycles. The Hall–Kier alpha value is -2.37. The van der Waals surface area contributed by atoms with E-state index in [1.165, 1.54) is 0 Å². The number of likely N-dealkylation sites (tertiary alicyclic amines) is 1. The second kappa shape index (κ2) is 6.11.